The summed E-state index contributed by atoms with van der Waals surface area (Å²) in [6, 6.07) is 16.0. The summed E-state index contributed by atoms with van der Waals surface area (Å²) in [4.78, 5) is 19.7. The van der Waals surface area contributed by atoms with E-state index in [9.17, 15) is 23.2 Å². The summed E-state index contributed by atoms with van der Waals surface area (Å²) in [5.74, 6) is -4.40. The topological polar surface area (TPSA) is 100 Å². The highest BCUT2D eigenvalue weighted by Gasteiger charge is 2.16. The van der Waals surface area contributed by atoms with E-state index in [1.165, 1.54) is 0 Å². The van der Waals surface area contributed by atoms with Crippen molar-refractivity contribution in [1.29, 1.82) is 5.26 Å². The molecule has 0 radical (unpaired) electrons. The quantitative estimate of drug-likeness (QED) is 0.251. The van der Waals surface area contributed by atoms with Crippen LogP contribution in [-0.4, -0.2) is 29.1 Å². The highest BCUT2D eigenvalue weighted by Crippen LogP contribution is 2.30. The number of fused-ring (bicyclic) bond motifs is 1. The van der Waals surface area contributed by atoms with Gasteiger partial charge in [0, 0.05) is 0 Å². The van der Waals surface area contributed by atoms with Gasteiger partial charge in [0.05, 0.1) is 28.9 Å². The molecule has 3 aromatic carbocycles. The van der Waals surface area contributed by atoms with Crippen LogP contribution in [0.1, 0.15) is 18.3 Å². The fraction of sp³-hybridized carbons (Fsp3) is 0.115. The number of carbonyl (C=O) groups excluding carboxylic acids is 1. The molecule has 2 N–H and O–H groups in total. The Kier molecular flexibility index (Phi) is 7.20. The van der Waals surface area contributed by atoms with Gasteiger partial charge in [0.25, 0.3) is 5.91 Å². The van der Waals surface area contributed by atoms with Crippen molar-refractivity contribution in [1.82, 2.24) is 9.97 Å². The number of nitrogens with one attached hydrogen (secondary N) is 2. The summed E-state index contributed by atoms with van der Waals surface area (Å²) in [6.45, 7) is 1.51. The molecule has 0 unspecified atom stereocenters. The first-order valence-electron chi connectivity index (χ1n) is 10.8. The van der Waals surface area contributed by atoms with Gasteiger partial charge < -0.3 is 19.8 Å². The number of hydrogen-bond donors (Lipinski definition) is 2. The Labute approximate surface area is 203 Å². The summed E-state index contributed by atoms with van der Waals surface area (Å²) in [7, 11) is 0. The van der Waals surface area contributed by atoms with Crippen molar-refractivity contribution in [2.24, 2.45) is 0 Å². The minimum atomic E-state index is -1.68. The lowest BCUT2D eigenvalue weighted by Gasteiger charge is -2.13. The number of anilines is 1. The van der Waals surface area contributed by atoms with Gasteiger partial charge in [-0.1, -0.05) is 18.2 Å². The number of halogens is 3. The number of nitrogens with zero attached hydrogens (tertiary/aromatic N) is 2. The SMILES string of the molecule is CCOc1cc(/C=C(\C#N)c2nc3ccccc3[nH]2)ccc1OCC(=O)Nc1ccc(F)c(F)c1F. The van der Waals surface area contributed by atoms with Gasteiger partial charge in [-0.3, -0.25) is 4.79 Å². The van der Waals surface area contributed by atoms with Crippen molar-refractivity contribution in [2.75, 3.05) is 18.5 Å². The van der Waals surface area contributed by atoms with Crippen molar-refractivity contribution in [2.45, 2.75) is 6.92 Å². The molecule has 0 saturated carbocycles. The molecule has 1 heterocycles. The Morgan fingerprint density at radius 1 is 1.08 bits per heavy atom. The fourth-order valence-corrected chi connectivity index (χ4v) is 3.35. The minimum Gasteiger partial charge on any atom is -0.490 e. The van der Waals surface area contributed by atoms with E-state index < -0.39 is 35.7 Å². The number of H-pyrrole nitrogens is 1. The summed E-state index contributed by atoms with van der Waals surface area (Å²) < 4.78 is 51.3. The second-order valence-corrected chi connectivity index (χ2v) is 7.47. The molecule has 0 bridgehead atoms. The number of rotatable bonds is 8. The zero-order chi connectivity index (χ0) is 25.7. The van der Waals surface area contributed by atoms with Crippen molar-refractivity contribution in [3.8, 4) is 17.6 Å². The molecular weight excluding hydrogens is 473 g/mol. The lowest BCUT2D eigenvalue weighted by Crippen LogP contribution is -2.21. The number of imidazole rings is 1. The average molecular weight is 492 g/mol. The van der Waals surface area contributed by atoms with Crippen LogP contribution in [0.15, 0.2) is 54.6 Å². The predicted molar refractivity (Wildman–Crippen MR) is 128 cm³/mol. The van der Waals surface area contributed by atoms with Gasteiger partial charge in [-0.15, -0.1) is 0 Å². The van der Waals surface area contributed by atoms with Crippen LogP contribution in [0.4, 0.5) is 18.9 Å². The van der Waals surface area contributed by atoms with Gasteiger partial charge in [0.2, 0.25) is 0 Å². The number of carbonyl (C=O) groups is 1. The van der Waals surface area contributed by atoms with E-state index in [4.69, 9.17) is 9.47 Å². The minimum absolute atomic E-state index is 0.220. The Hall–Kier alpha value is -4.78. The number of allylic oxidation sites excluding steroid dienone is 1. The lowest BCUT2D eigenvalue weighted by atomic mass is 10.1. The van der Waals surface area contributed by atoms with E-state index in [-0.39, 0.29) is 5.75 Å². The highest BCUT2D eigenvalue weighted by atomic mass is 19.2. The molecule has 7 nitrogen and oxygen atoms in total. The summed E-state index contributed by atoms with van der Waals surface area (Å²) in [6.07, 6.45) is 1.63. The summed E-state index contributed by atoms with van der Waals surface area (Å²) >= 11 is 0. The van der Waals surface area contributed by atoms with Gasteiger partial charge in [0.1, 0.15) is 11.9 Å². The van der Waals surface area contributed by atoms with Crippen LogP contribution in [-0.2, 0) is 4.79 Å². The fourth-order valence-electron chi connectivity index (χ4n) is 3.35. The molecule has 4 rings (SSSR count). The number of para-hydroxylation sites is 2. The van der Waals surface area contributed by atoms with Crippen LogP contribution in [0.5, 0.6) is 11.5 Å². The first-order valence-corrected chi connectivity index (χ1v) is 10.8. The first kappa shape index (κ1) is 24.3. The number of hydrogen-bond acceptors (Lipinski definition) is 5. The third-order valence-corrected chi connectivity index (χ3v) is 5.01. The van der Waals surface area contributed by atoms with Gasteiger partial charge in [-0.2, -0.15) is 5.26 Å². The number of nitriles is 1. The Morgan fingerprint density at radius 3 is 2.64 bits per heavy atom. The number of amides is 1. The Morgan fingerprint density at radius 2 is 1.89 bits per heavy atom. The van der Waals surface area contributed by atoms with Gasteiger partial charge in [0.15, 0.2) is 35.6 Å². The third-order valence-electron chi connectivity index (χ3n) is 5.01. The molecule has 0 atom stereocenters. The lowest BCUT2D eigenvalue weighted by molar-refractivity contribution is -0.118. The number of aromatic nitrogens is 2. The van der Waals surface area contributed by atoms with Crippen LogP contribution in [0.3, 0.4) is 0 Å². The average Bonchev–Trinajstić information content (AvgIpc) is 3.31. The molecule has 0 aliphatic carbocycles. The van der Waals surface area contributed by atoms with E-state index in [1.54, 1.807) is 31.2 Å². The normalized spacial score (nSPS) is 11.2. The van der Waals surface area contributed by atoms with Gasteiger partial charge in [-0.25, -0.2) is 18.2 Å². The van der Waals surface area contributed by atoms with Crippen molar-refractivity contribution in [3.63, 3.8) is 0 Å². The smallest absolute Gasteiger partial charge is 0.262 e. The van der Waals surface area contributed by atoms with E-state index in [0.717, 1.165) is 17.1 Å². The Bertz CT molecular complexity index is 1480. The molecule has 0 aliphatic heterocycles. The van der Waals surface area contributed by atoms with Gasteiger partial charge in [-0.05, 0) is 55.0 Å². The summed E-state index contributed by atoms with van der Waals surface area (Å²) in [5, 5.41) is 11.8. The molecule has 0 saturated heterocycles. The number of benzene rings is 3. The maximum Gasteiger partial charge on any atom is 0.262 e. The van der Waals surface area contributed by atoms with Crippen LogP contribution in [0.2, 0.25) is 0 Å². The van der Waals surface area contributed by atoms with E-state index in [1.807, 2.05) is 24.3 Å². The second kappa shape index (κ2) is 10.7. The largest absolute Gasteiger partial charge is 0.490 e. The zero-order valence-electron chi connectivity index (χ0n) is 18.9. The van der Waals surface area contributed by atoms with Crippen LogP contribution < -0.4 is 14.8 Å². The molecule has 1 aromatic heterocycles. The van der Waals surface area contributed by atoms with Gasteiger partial charge >= 0.3 is 0 Å². The number of ether oxygens (including phenoxy) is 2. The molecule has 0 spiro atoms. The monoisotopic (exact) mass is 492 g/mol. The zero-order valence-corrected chi connectivity index (χ0v) is 18.9. The molecule has 0 aliphatic rings. The van der Waals surface area contributed by atoms with Crippen molar-refractivity contribution >= 4 is 34.3 Å². The number of aromatic amines is 1. The van der Waals surface area contributed by atoms with Crippen LogP contribution >= 0.6 is 0 Å². The third kappa shape index (κ3) is 5.31. The van der Waals surface area contributed by atoms with E-state index in [0.29, 0.717) is 35.4 Å². The molecule has 0 fully saturated rings. The molecule has 4 aromatic rings. The summed E-state index contributed by atoms with van der Waals surface area (Å²) in [5.41, 5.74) is 1.94. The molecule has 182 valence electrons. The van der Waals surface area contributed by atoms with Crippen molar-refractivity contribution < 1.29 is 27.4 Å². The molecule has 10 heteroatoms. The van der Waals surface area contributed by atoms with E-state index >= 15 is 0 Å². The standard InChI is InChI=1S/C26H19F3N4O3/c1-2-35-22-12-15(11-16(13-30)26-32-18-5-3-4-6-19(18)33-26)7-10-21(22)36-14-23(34)31-20-9-8-17(27)24(28)25(20)29/h3-12H,2,14H2,1H3,(H,31,34)(H,32,33)/b16-11+. The van der Waals surface area contributed by atoms with Crippen LogP contribution in [0, 0.1) is 28.8 Å². The Balaban J connectivity index is 1.51. The van der Waals surface area contributed by atoms with Crippen molar-refractivity contribution in [3.05, 3.63) is 83.4 Å². The predicted octanol–water partition coefficient (Wildman–Crippen LogP) is 5.46. The molecule has 36 heavy (non-hydrogen) atoms. The van der Waals surface area contributed by atoms with Crippen LogP contribution in [0.25, 0.3) is 22.7 Å². The van der Waals surface area contributed by atoms with E-state index in [2.05, 4.69) is 21.4 Å². The maximum absolute atomic E-state index is 13.8. The highest BCUT2D eigenvalue weighted by molar-refractivity contribution is 5.92. The maximum atomic E-state index is 13.8. The molecule has 1 amide bonds. The first-order chi connectivity index (χ1) is 17.4. The second-order valence-electron chi connectivity index (χ2n) is 7.47. The molecular formula is C26H19F3N4O3.